The van der Waals surface area contributed by atoms with Crippen molar-refractivity contribution in [2.24, 2.45) is 0 Å². The molecule has 2 aromatic heterocycles. The molecule has 4 N–H and O–H groups in total. The predicted octanol–water partition coefficient (Wildman–Crippen LogP) is 4.17. The number of unbranched alkanes of at least 4 members (excludes halogenated alkanes) is 3. The second kappa shape index (κ2) is 22.0. The van der Waals surface area contributed by atoms with Crippen molar-refractivity contribution in [3.8, 4) is 11.4 Å². The van der Waals surface area contributed by atoms with E-state index in [1.54, 1.807) is 41.0 Å². The molecular formula is C35H46ClFN6O7. The van der Waals surface area contributed by atoms with Crippen molar-refractivity contribution < 1.29 is 32.9 Å². The number of aromatic amines is 1. The minimum atomic E-state index is -0.488. The van der Waals surface area contributed by atoms with Crippen molar-refractivity contribution in [1.82, 2.24) is 24.8 Å². The van der Waals surface area contributed by atoms with E-state index in [-0.39, 0.29) is 35.4 Å². The number of ether oxygens (including phenoxy) is 5. The molecule has 1 amide bonds. The number of hydrogen-bond donors (Lipinski definition) is 3. The first-order valence-electron chi connectivity index (χ1n) is 16.8. The highest BCUT2D eigenvalue weighted by Crippen LogP contribution is 2.25. The monoisotopic (exact) mass is 716 g/mol. The number of nitrogen functional groups attached to an aromatic ring is 1. The fraction of sp³-hybridized carbons (Fsp3) is 0.486. The highest BCUT2D eigenvalue weighted by atomic mass is 35.5. The molecule has 272 valence electrons. The maximum Gasteiger partial charge on any atom is 0.280 e. The first-order valence-corrected chi connectivity index (χ1v) is 17.3. The quantitative estimate of drug-likeness (QED) is 0.0670. The summed E-state index contributed by atoms with van der Waals surface area (Å²) in [4.78, 5) is 36.9. The van der Waals surface area contributed by atoms with Gasteiger partial charge in [-0.25, -0.2) is 9.37 Å². The van der Waals surface area contributed by atoms with E-state index < -0.39 is 5.56 Å². The Morgan fingerprint density at radius 1 is 0.820 bits per heavy atom. The number of carbonyl (C=O) groups is 1. The number of alkyl halides is 1. The van der Waals surface area contributed by atoms with Gasteiger partial charge in [0.2, 0.25) is 5.95 Å². The number of nitrogens with one attached hydrogen (secondary N) is 2. The average molecular weight is 717 g/mol. The number of aromatic nitrogens is 4. The highest BCUT2D eigenvalue weighted by molar-refractivity contribution is 6.17. The molecule has 0 fully saturated rings. The number of amides is 1. The van der Waals surface area contributed by atoms with Gasteiger partial charge in [-0.05, 0) is 42.7 Å². The number of nitrogens with zero attached hydrogens (tertiary/aromatic N) is 3. The van der Waals surface area contributed by atoms with Crippen molar-refractivity contribution in [3.05, 3.63) is 75.8 Å². The lowest BCUT2D eigenvalue weighted by atomic mass is 10.1. The smallest absolute Gasteiger partial charge is 0.280 e. The Morgan fingerprint density at radius 2 is 1.44 bits per heavy atom. The normalized spacial score (nSPS) is 11.4. The van der Waals surface area contributed by atoms with E-state index in [1.807, 2.05) is 0 Å². The zero-order valence-electron chi connectivity index (χ0n) is 28.2. The number of H-pyrrole nitrogens is 1. The number of imidazole rings is 1. The Morgan fingerprint density at radius 3 is 2.10 bits per heavy atom. The van der Waals surface area contributed by atoms with Crippen LogP contribution in [0.4, 0.5) is 10.3 Å². The van der Waals surface area contributed by atoms with E-state index in [4.69, 9.17) is 41.0 Å². The zero-order chi connectivity index (χ0) is 35.4. The molecular weight excluding hydrogens is 671 g/mol. The van der Waals surface area contributed by atoms with Crippen LogP contribution in [0, 0.1) is 5.82 Å². The number of nitrogens with two attached hydrogens (primary N) is 1. The van der Waals surface area contributed by atoms with Crippen LogP contribution in [0.5, 0.6) is 0 Å². The van der Waals surface area contributed by atoms with Crippen molar-refractivity contribution in [1.29, 1.82) is 0 Å². The molecule has 0 radical (unpaired) electrons. The number of hydrogen-bond acceptors (Lipinski definition) is 10. The van der Waals surface area contributed by atoms with Crippen molar-refractivity contribution in [2.75, 3.05) is 84.2 Å². The van der Waals surface area contributed by atoms with Gasteiger partial charge in [-0.1, -0.05) is 37.1 Å². The number of anilines is 1. The molecule has 2 heterocycles. The topological polar surface area (TPSA) is 165 Å². The summed E-state index contributed by atoms with van der Waals surface area (Å²) in [5.41, 5.74) is 7.46. The van der Waals surface area contributed by atoms with E-state index in [0.29, 0.717) is 83.0 Å². The van der Waals surface area contributed by atoms with Gasteiger partial charge in [0.15, 0.2) is 11.2 Å². The molecule has 4 aromatic rings. The largest absolute Gasteiger partial charge is 0.379 e. The minimum absolute atomic E-state index is 0.0555. The summed E-state index contributed by atoms with van der Waals surface area (Å²) >= 11 is 5.66. The summed E-state index contributed by atoms with van der Waals surface area (Å²) in [7, 11) is 0. The number of benzene rings is 2. The molecule has 0 saturated heterocycles. The van der Waals surface area contributed by atoms with Gasteiger partial charge in [-0.15, -0.1) is 11.6 Å². The third kappa shape index (κ3) is 13.1. The first kappa shape index (κ1) is 38.9. The molecule has 15 heteroatoms. The molecule has 2 aromatic carbocycles. The van der Waals surface area contributed by atoms with Gasteiger partial charge in [-0.2, -0.15) is 4.98 Å². The second-order valence-corrected chi connectivity index (χ2v) is 11.7. The molecule has 50 heavy (non-hydrogen) atoms. The molecule has 4 rings (SSSR count). The van der Waals surface area contributed by atoms with Gasteiger partial charge in [0, 0.05) is 30.2 Å². The van der Waals surface area contributed by atoms with Crippen LogP contribution >= 0.6 is 11.6 Å². The number of rotatable bonds is 25. The summed E-state index contributed by atoms with van der Waals surface area (Å²) in [5.74, 6) is 0.417. The molecule has 0 unspecified atom stereocenters. The Labute approximate surface area is 295 Å². The van der Waals surface area contributed by atoms with Gasteiger partial charge < -0.3 is 39.3 Å². The second-order valence-electron chi connectivity index (χ2n) is 11.3. The zero-order valence-corrected chi connectivity index (χ0v) is 28.9. The van der Waals surface area contributed by atoms with Crippen LogP contribution in [0.3, 0.4) is 0 Å². The van der Waals surface area contributed by atoms with Crippen molar-refractivity contribution in [2.45, 2.75) is 32.2 Å². The molecule has 13 nitrogen and oxygen atoms in total. The van der Waals surface area contributed by atoms with Gasteiger partial charge in [-0.3, -0.25) is 14.6 Å². The molecule has 0 bridgehead atoms. The molecule has 0 aliphatic heterocycles. The van der Waals surface area contributed by atoms with Crippen LogP contribution < -0.4 is 16.6 Å². The van der Waals surface area contributed by atoms with Crippen LogP contribution in [0.1, 0.15) is 41.6 Å². The van der Waals surface area contributed by atoms with Crippen LogP contribution in [0.2, 0.25) is 0 Å². The lowest BCUT2D eigenvalue weighted by Gasteiger charge is -2.11. The molecule has 0 aliphatic rings. The Bertz CT molecular complexity index is 1650. The molecule has 0 aliphatic carbocycles. The van der Waals surface area contributed by atoms with Crippen molar-refractivity contribution in [3.63, 3.8) is 0 Å². The minimum Gasteiger partial charge on any atom is -0.379 e. The van der Waals surface area contributed by atoms with Crippen LogP contribution in [0.15, 0.2) is 53.3 Å². The van der Waals surface area contributed by atoms with E-state index in [0.717, 1.165) is 43.7 Å². The van der Waals surface area contributed by atoms with E-state index >= 15 is 0 Å². The first-order chi connectivity index (χ1) is 24.5. The summed E-state index contributed by atoms with van der Waals surface area (Å²) in [5, 5.41) is 2.84. The fourth-order valence-corrected chi connectivity index (χ4v) is 5.13. The van der Waals surface area contributed by atoms with E-state index in [1.165, 1.54) is 12.1 Å². The molecule has 0 saturated carbocycles. The van der Waals surface area contributed by atoms with Crippen molar-refractivity contribution >= 4 is 34.6 Å². The summed E-state index contributed by atoms with van der Waals surface area (Å²) in [6, 6.07) is 12.9. The highest BCUT2D eigenvalue weighted by Gasteiger charge is 2.19. The maximum atomic E-state index is 13.5. The summed E-state index contributed by atoms with van der Waals surface area (Å²) in [6.45, 7) is 5.42. The Hall–Kier alpha value is -3.92. The van der Waals surface area contributed by atoms with Crippen LogP contribution in [0.25, 0.3) is 22.6 Å². The third-order valence-electron chi connectivity index (χ3n) is 7.45. The number of halogens is 2. The maximum absolute atomic E-state index is 13.5. The molecule has 0 atom stereocenters. The predicted molar refractivity (Wildman–Crippen MR) is 189 cm³/mol. The van der Waals surface area contributed by atoms with Gasteiger partial charge in [0.05, 0.1) is 66.0 Å². The van der Waals surface area contributed by atoms with Gasteiger partial charge >= 0.3 is 0 Å². The fourth-order valence-electron chi connectivity index (χ4n) is 4.94. The Balaban J connectivity index is 1.11. The summed E-state index contributed by atoms with van der Waals surface area (Å²) in [6.07, 6.45) is 4.40. The lowest BCUT2D eigenvalue weighted by molar-refractivity contribution is -0.0109. The third-order valence-corrected chi connectivity index (χ3v) is 7.72. The van der Waals surface area contributed by atoms with Gasteiger partial charge in [0.25, 0.3) is 11.5 Å². The Kier molecular flexibility index (Phi) is 17.1. The average Bonchev–Trinajstić information content (AvgIpc) is 3.48. The lowest BCUT2D eigenvalue weighted by Crippen LogP contribution is -2.27. The number of fused-ring (bicyclic) bond motifs is 1. The van der Waals surface area contributed by atoms with Crippen LogP contribution in [-0.4, -0.2) is 104 Å². The SMILES string of the molecule is Nc1nc2c(nc(-c3cccc(C(=O)NCCOCCOCCOCCOCCOCCCCCCCl)c3)n2Cc2ccc(F)cc2)c(=O)[nH]1. The summed E-state index contributed by atoms with van der Waals surface area (Å²) < 4.78 is 42.9. The van der Waals surface area contributed by atoms with Gasteiger partial charge in [0.1, 0.15) is 11.6 Å². The number of carbonyl (C=O) groups excluding carboxylic acids is 1. The molecule has 0 spiro atoms. The van der Waals surface area contributed by atoms with E-state index in [9.17, 15) is 14.0 Å². The van der Waals surface area contributed by atoms with E-state index in [2.05, 4.69) is 20.3 Å². The standard InChI is InChI=1S/C35H46ClFN6O7/c36-12-3-1-2-4-14-46-16-18-48-20-22-50-23-21-49-19-17-47-15-13-39-33(44)28-7-5-6-27(24-28)31-40-30-32(41-35(38)42-34(30)45)43(31)25-26-8-10-29(37)11-9-26/h5-11,24H,1-4,12-23,25H2,(H,39,44)(H3,38,41,42,45). The van der Waals surface area contributed by atoms with Crippen LogP contribution in [-0.2, 0) is 30.2 Å².